The highest BCUT2D eigenvalue weighted by Gasteiger charge is 2.19. The molecule has 486 valence electrons. The van der Waals surface area contributed by atoms with Crippen LogP contribution in [0.15, 0.2) is 171 Å². The Bertz CT molecular complexity index is 4350. The number of aromatic nitrogens is 9. The number of rotatable bonds is 15. The Balaban J connectivity index is 0.000000129. The number of aromatic amines is 3. The molecule has 0 unspecified atom stereocenters. The van der Waals surface area contributed by atoms with Crippen LogP contribution in [0.2, 0.25) is 5.02 Å². The van der Waals surface area contributed by atoms with Gasteiger partial charge in [-0.05, 0) is 176 Å². The van der Waals surface area contributed by atoms with E-state index in [0.717, 1.165) is 180 Å². The lowest BCUT2D eigenvalue weighted by Gasteiger charge is -2.34. The smallest absolute Gasteiger partial charge is 0.229 e. The number of benzene rings is 6. The summed E-state index contributed by atoms with van der Waals surface area (Å²) in [4.78, 5) is 51.7. The van der Waals surface area contributed by atoms with Crippen LogP contribution in [0.25, 0.3) is 32.7 Å². The predicted octanol–water partition coefficient (Wildman–Crippen LogP) is 14.5. The van der Waals surface area contributed by atoms with Crippen LogP contribution in [0.3, 0.4) is 0 Å². The first-order valence-corrected chi connectivity index (χ1v) is 32.8. The molecule has 9 N–H and O–H groups in total. The van der Waals surface area contributed by atoms with Crippen molar-refractivity contribution in [2.45, 2.75) is 27.7 Å². The van der Waals surface area contributed by atoms with E-state index in [1.54, 1.807) is 0 Å². The third kappa shape index (κ3) is 15.3. The summed E-state index contributed by atoms with van der Waals surface area (Å²) >= 11 is 6.29. The van der Waals surface area contributed by atoms with Gasteiger partial charge in [-0.1, -0.05) is 23.7 Å². The summed E-state index contributed by atoms with van der Waals surface area (Å²) in [5, 5.41) is 24.4. The van der Waals surface area contributed by atoms with Gasteiger partial charge >= 0.3 is 0 Å². The second-order valence-electron chi connectivity index (χ2n) is 24.7. The number of nitrogens with one attached hydrogen (secondary N) is 9. The Kier molecular flexibility index (Phi) is 19.2. The number of fused-ring (bicyclic) bond motifs is 3. The molecule has 6 aromatic carbocycles. The molecule has 6 aromatic heterocycles. The average molecular weight is 1290 g/mol. The zero-order valence-electron chi connectivity index (χ0n) is 54.9. The van der Waals surface area contributed by atoms with E-state index in [0.29, 0.717) is 22.9 Å². The number of aryl methyl sites for hydroxylation is 4. The Morgan fingerprint density at radius 1 is 0.347 bits per heavy atom. The van der Waals surface area contributed by atoms with Gasteiger partial charge in [0.2, 0.25) is 17.8 Å². The van der Waals surface area contributed by atoms with Crippen LogP contribution in [-0.4, -0.2) is 159 Å². The molecule has 3 aliphatic heterocycles. The molecule has 21 nitrogen and oxygen atoms in total. The fourth-order valence-electron chi connectivity index (χ4n) is 12.0. The van der Waals surface area contributed by atoms with Crippen molar-refractivity contribution in [1.82, 2.24) is 59.6 Å². The highest BCUT2D eigenvalue weighted by molar-refractivity contribution is 6.35. The third-order valence-corrected chi connectivity index (χ3v) is 18.2. The van der Waals surface area contributed by atoms with Gasteiger partial charge in [0.1, 0.15) is 17.5 Å². The van der Waals surface area contributed by atoms with Crippen molar-refractivity contribution < 1.29 is 0 Å². The van der Waals surface area contributed by atoms with E-state index >= 15 is 0 Å². The van der Waals surface area contributed by atoms with E-state index in [2.05, 4.69) is 228 Å². The topological polar surface area (TPSA) is 216 Å². The van der Waals surface area contributed by atoms with Gasteiger partial charge in [-0.3, -0.25) is 0 Å². The number of halogens is 1. The second kappa shape index (κ2) is 28.8. The van der Waals surface area contributed by atoms with Crippen molar-refractivity contribution in [3.05, 3.63) is 198 Å². The molecule has 0 atom stereocenters. The normalized spacial score (nSPS) is 14.7. The zero-order valence-corrected chi connectivity index (χ0v) is 55.7. The highest BCUT2D eigenvalue weighted by atomic mass is 35.5. The summed E-state index contributed by atoms with van der Waals surface area (Å²) in [5.74, 6) is 4.03. The highest BCUT2D eigenvalue weighted by Crippen LogP contribution is 2.34. The molecule has 3 fully saturated rings. The summed E-state index contributed by atoms with van der Waals surface area (Å²) < 4.78 is 0. The molecule has 3 aliphatic rings. The number of piperazine rings is 3. The second-order valence-corrected chi connectivity index (χ2v) is 25.1. The van der Waals surface area contributed by atoms with Gasteiger partial charge < -0.3 is 76.3 Å². The molecular formula is C73H82ClN21. The number of anilines is 15. The lowest BCUT2D eigenvalue weighted by Crippen LogP contribution is -2.44. The van der Waals surface area contributed by atoms with Crippen molar-refractivity contribution in [1.29, 1.82) is 0 Å². The molecule has 0 amide bonds. The lowest BCUT2D eigenvalue weighted by atomic mass is 10.1. The fraction of sp³-hybridized carbons (Fsp3) is 0.260. The predicted molar refractivity (Wildman–Crippen MR) is 393 cm³/mol. The van der Waals surface area contributed by atoms with Crippen LogP contribution < -0.4 is 46.6 Å². The minimum Gasteiger partial charge on any atom is -0.369 e. The average Bonchev–Trinajstić information content (AvgIpc) is 2.18. The van der Waals surface area contributed by atoms with E-state index in [1.165, 1.54) is 22.6 Å². The Morgan fingerprint density at radius 2 is 0.705 bits per heavy atom. The Morgan fingerprint density at radius 3 is 1.13 bits per heavy atom. The van der Waals surface area contributed by atoms with Crippen LogP contribution >= 0.6 is 11.6 Å². The minimum absolute atomic E-state index is 0.546. The number of hydrogen-bond donors (Lipinski definition) is 9. The number of H-pyrrole nitrogens is 3. The first-order chi connectivity index (χ1) is 46.3. The van der Waals surface area contributed by atoms with E-state index < -0.39 is 0 Å². The maximum absolute atomic E-state index is 6.29. The molecular weight excluding hydrogens is 1210 g/mol. The SMILES string of the molecule is Cc1cnc(Nc2ccc(N3CCN(C)CC3)cc2)nc1Nc1ccc(C)c2[nH]ccc12.Cc1cnc(Nc2ccc(N3CCN(C)CC3)cc2)nc1Nc1ccc(Cl)c2[nH]ccc12.Cc1cnc(Nc2ccc(N3CCN(C)CC3)cc2)nc1Nc1cccc2[nH]ccc12. The van der Waals surface area contributed by atoms with Crippen molar-refractivity contribution >= 4 is 131 Å². The van der Waals surface area contributed by atoms with Gasteiger partial charge in [-0.15, -0.1) is 0 Å². The van der Waals surface area contributed by atoms with Gasteiger partial charge in [-0.2, -0.15) is 15.0 Å². The number of hydrogen-bond acceptors (Lipinski definition) is 18. The Labute approximate surface area is 559 Å². The first-order valence-electron chi connectivity index (χ1n) is 32.4. The van der Waals surface area contributed by atoms with Crippen molar-refractivity contribution in [3.8, 4) is 0 Å². The molecule has 0 bridgehead atoms. The van der Waals surface area contributed by atoms with Crippen LogP contribution in [-0.2, 0) is 0 Å². The molecule has 0 radical (unpaired) electrons. The number of likely N-dealkylation sites (N-methyl/N-ethyl adjacent to an activating group) is 3. The molecule has 95 heavy (non-hydrogen) atoms. The maximum atomic E-state index is 6.29. The molecule has 3 saturated heterocycles. The van der Waals surface area contributed by atoms with E-state index in [-0.39, 0.29) is 0 Å². The molecule has 0 spiro atoms. The number of nitrogens with zero attached hydrogens (tertiary/aromatic N) is 12. The van der Waals surface area contributed by atoms with E-state index in [4.69, 9.17) is 26.6 Å². The lowest BCUT2D eigenvalue weighted by molar-refractivity contribution is 0.313. The van der Waals surface area contributed by atoms with Crippen LogP contribution in [0.4, 0.5) is 86.5 Å². The zero-order chi connectivity index (χ0) is 65.4. The van der Waals surface area contributed by atoms with Crippen molar-refractivity contribution in [2.24, 2.45) is 0 Å². The van der Waals surface area contributed by atoms with Crippen molar-refractivity contribution in [2.75, 3.05) is 146 Å². The quantitative estimate of drug-likeness (QED) is 0.0466. The molecule has 12 aromatic rings. The summed E-state index contributed by atoms with van der Waals surface area (Å²) in [6.45, 7) is 21.1. The standard InChI is InChI=1S/C25H29N7.C24H26ClN7.C24H27N7/c1-17-4-9-22(21-10-11-26-23(17)21)29-24-18(2)16-27-25(30-24)28-19-5-7-20(8-6-19)32-14-12-31(3)13-15-32;1-16-15-27-24(28-17-3-5-18(6-4-17)32-13-11-31(2)12-14-32)30-23(16)29-21-8-7-20(25)22-19(21)9-10-26-22;1-17-16-26-24(29-23(17)28-22-5-3-4-21-20(22)10-11-25-21)27-18-6-8-19(9-7-18)31-14-12-30(2)13-15-31/h4-11,16,26H,12-15H2,1-3H3,(H2,27,28,29,30);3-10,15,26H,11-14H2,1-2H3,(H2,27,28,29,30);3-11,16,25H,12-15H2,1-2H3,(H2,26,27,28,29). The fourth-order valence-corrected chi connectivity index (χ4v) is 12.2. The molecule has 0 aliphatic carbocycles. The van der Waals surface area contributed by atoms with Crippen LogP contribution in [0, 0.1) is 27.7 Å². The van der Waals surface area contributed by atoms with Crippen molar-refractivity contribution in [3.63, 3.8) is 0 Å². The van der Waals surface area contributed by atoms with Crippen LogP contribution in [0.1, 0.15) is 22.3 Å². The monoisotopic (exact) mass is 1290 g/mol. The molecule has 0 saturated carbocycles. The van der Waals surface area contributed by atoms with Crippen LogP contribution in [0.5, 0.6) is 0 Å². The summed E-state index contributed by atoms with van der Waals surface area (Å²) in [5.41, 5.74) is 16.9. The molecule has 15 rings (SSSR count). The third-order valence-electron chi connectivity index (χ3n) is 17.8. The summed E-state index contributed by atoms with van der Waals surface area (Å²) in [6, 6.07) is 45.8. The summed E-state index contributed by atoms with van der Waals surface area (Å²) in [6.07, 6.45) is 11.3. The molecule has 9 heterocycles. The largest absolute Gasteiger partial charge is 0.369 e. The summed E-state index contributed by atoms with van der Waals surface area (Å²) in [7, 11) is 6.52. The van der Waals surface area contributed by atoms with Gasteiger partial charge in [-0.25, -0.2) is 15.0 Å². The van der Waals surface area contributed by atoms with Gasteiger partial charge in [0.15, 0.2) is 0 Å². The van der Waals surface area contributed by atoms with Gasteiger partial charge in [0.25, 0.3) is 0 Å². The Hall–Kier alpha value is -10.5. The maximum Gasteiger partial charge on any atom is 0.229 e. The molecule has 22 heteroatoms. The van der Waals surface area contributed by atoms with E-state index in [1.807, 2.05) is 82.2 Å². The first kappa shape index (κ1) is 63.3. The van der Waals surface area contributed by atoms with E-state index in [9.17, 15) is 0 Å². The van der Waals surface area contributed by atoms with Gasteiger partial charge in [0, 0.05) is 205 Å². The van der Waals surface area contributed by atoms with Gasteiger partial charge in [0.05, 0.1) is 16.1 Å². The minimum atomic E-state index is 0.546.